The highest BCUT2D eigenvalue weighted by molar-refractivity contribution is 6.36. The highest BCUT2D eigenvalue weighted by Gasteiger charge is 2.29. The van der Waals surface area contributed by atoms with E-state index in [1.807, 2.05) is 0 Å². The molecule has 1 aliphatic heterocycles. The lowest BCUT2D eigenvalue weighted by Crippen LogP contribution is -2.28. The van der Waals surface area contributed by atoms with Crippen molar-refractivity contribution in [2.75, 3.05) is 5.32 Å². The number of amides is 2. The Hall–Kier alpha value is -3.84. The van der Waals surface area contributed by atoms with Gasteiger partial charge in [0.1, 0.15) is 11.6 Å². The highest BCUT2D eigenvalue weighted by Crippen LogP contribution is 2.28. The van der Waals surface area contributed by atoms with Crippen LogP contribution in [0.25, 0.3) is 6.08 Å². The topological polar surface area (TPSA) is 75.3 Å². The van der Waals surface area contributed by atoms with Crippen LogP contribution in [0, 0.1) is 11.6 Å². The number of carbonyl (C=O) groups excluding carboxylic acids is 3. The van der Waals surface area contributed by atoms with Crippen LogP contribution in [0.15, 0.2) is 66.2 Å². The molecule has 2 amide bonds. The molecular weight excluding hydrogens is 438 g/mol. The Morgan fingerprint density at radius 2 is 1.75 bits per heavy atom. The van der Waals surface area contributed by atoms with Crippen molar-refractivity contribution in [1.29, 1.82) is 0 Å². The maximum absolute atomic E-state index is 13.7. The third kappa shape index (κ3) is 4.43. The van der Waals surface area contributed by atoms with Crippen LogP contribution in [0.1, 0.15) is 31.8 Å². The average molecular weight is 453 g/mol. The summed E-state index contributed by atoms with van der Waals surface area (Å²) in [4.78, 5) is 37.9. The van der Waals surface area contributed by atoms with E-state index in [2.05, 4.69) is 10.6 Å². The van der Waals surface area contributed by atoms with Crippen molar-refractivity contribution in [3.05, 3.63) is 105 Å². The Labute approximate surface area is 186 Å². The van der Waals surface area contributed by atoms with Crippen molar-refractivity contribution < 1.29 is 23.2 Å². The molecular formula is C24H15ClF2N2O3. The maximum atomic E-state index is 13.7. The molecule has 5 nitrogen and oxygen atoms in total. The molecule has 1 aliphatic rings. The number of hydrogen-bond acceptors (Lipinski definition) is 3. The van der Waals surface area contributed by atoms with Gasteiger partial charge in [0.05, 0.1) is 16.3 Å². The molecule has 0 atom stereocenters. The van der Waals surface area contributed by atoms with E-state index in [9.17, 15) is 23.2 Å². The van der Waals surface area contributed by atoms with Crippen LogP contribution in [0.3, 0.4) is 0 Å². The Morgan fingerprint density at radius 1 is 1.00 bits per heavy atom. The average Bonchev–Trinajstić information content (AvgIpc) is 2.78. The number of benzene rings is 3. The molecule has 0 radical (unpaired) electrons. The zero-order valence-electron chi connectivity index (χ0n) is 16.4. The number of rotatable bonds is 4. The van der Waals surface area contributed by atoms with E-state index >= 15 is 0 Å². The first-order valence-corrected chi connectivity index (χ1v) is 9.89. The lowest BCUT2D eigenvalue weighted by Gasteiger charge is -2.19. The van der Waals surface area contributed by atoms with Crippen LogP contribution in [0.4, 0.5) is 14.5 Å². The number of anilines is 1. The molecule has 4 rings (SSSR count). The van der Waals surface area contributed by atoms with Crippen LogP contribution in [-0.4, -0.2) is 17.6 Å². The minimum atomic E-state index is -0.676. The van der Waals surface area contributed by atoms with Gasteiger partial charge in [-0.15, -0.1) is 0 Å². The summed E-state index contributed by atoms with van der Waals surface area (Å²) in [5, 5.41) is 5.22. The molecule has 0 aromatic heterocycles. The van der Waals surface area contributed by atoms with E-state index in [1.165, 1.54) is 48.5 Å². The zero-order chi connectivity index (χ0) is 22.8. The van der Waals surface area contributed by atoms with E-state index in [0.29, 0.717) is 11.1 Å². The minimum Gasteiger partial charge on any atom is -0.348 e. The van der Waals surface area contributed by atoms with E-state index in [0.717, 1.165) is 6.07 Å². The molecule has 0 fully saturated rings. The molecule has 0 unspecified atom stereocenters. The summed E-state index contributed by atoms with van der Waals surface area (Å²) in [5.41, 5.74) is 1.44. The molecule has 0 bridgehead atoms. The predicted octanol–water partition coefficient (Wildman–Crippen LogP) is 4.77. The second kappa shape index (κ2) is 8.72. The number of fused-ring (bicyclic) bond motifs is 1. The Bertz CT molecular complexity index is 1290. The Balaban J connectivity index is 1.57. The lowest BCUT2D eigenvalue weighted by atomic mass is 9.93. The normalized spacial score (nSPS) is 14.2. The third-order valence-electron chi connectivity index (χ3n) is 4.88. The van der Waals surface area contributed by atoms with Crippen LogP contribution in [-0.2, 0) is 11.3 Å². The molecule has 1 heterocycles. The van der Waals surface area contributed by atoms with Gasteiger partial charge in [0, 0.05) is 17.7 Å². The van der Waals surface area contributed by atoms with Crippen LogP contribution in [0.2, 0.25) is 5.02 Å². The molecule has 3 aromatic carbocycles. The predicted molar refractivity (Wildman–Crippen MR) is 116 cm³/mol. The fraction of sp³-hybridized carbons (Fsp3) is 0.0417. The number of halogens is 3. The second-order valence-electron chi connectivity index (χ2n) is 7.08. The summed E-state index contributed by atoms with van der Waals surface area (Å²) in [6.45, 7) is 0.175. The van der Waals surface area contributed by atoms with Crippen molar-refractivity contribution >= 4 is 41.0 Å². The summed E-state index contributed by atoms with van der Waals surface area (Å²) in [6, 6.07) is 13.9. The lowest BCUT2D eigenvalue weighted by molar-refractivity contribution is -0.112. The molecule has 3 aromatic rings. The monoisotopic (exact) mass is 452 g/mol. The first-order chi connectivity index (χ1) is 15.3. The highest BCUT2D eigenvalue weighted by atomic mass is 35.5. The molecule has 0 spiro atoms. The molecule has 0 aliphatic carbocycles. The second-order valence-corrected chi connectivity index (χ2v) is 7.49. The van der Waals surface area contributed by atoms with Gasteiger partial charge in [-0.3, -0.25) is 14.4 Å². The molecule has 2 N–H and O–H groups in total. The number of nitrogens with one attached hydrogen (secondary N) is 2. The van der Waals surface area contributed by atoms with Crippen molar-refractivity contribution in [2.24, 2.45) is 0 Å². The zero-order valence-corrected chi connectivity index (χ0v) is 17.2. The van der Waals surface area contributed by atoms with E-state index < -0.39 is 23.4 Å². The van der Waals surface area contributed by atoms with Crippen molar-refractivity contribution in [3.8, 4) is 0 Å². The summed E-state index contributed by atoms with van der Waals surface area (Å²) in [5.74, 6) is -2.71. The molecule has 8 heteroatoms. The summed E-state index contributed by atoms with van der Waals surface area (Å²) in [6.07, 6.45) is 1.27. The van der Waals surface area contributed by atoms with Gasteiger partial charge in [0.25, 0.3) is 11.8 Å². The number of carbonyl (C=O) groups is 3. The van der Waals surface area contributed by atoms with Crippen molar-refractivity contribution in [1.82, 2.24) is 5.32 Å². The first kappa shape index (κ1) is 21.4. The Morgan fingerprint density at radius 3 is 2.47 bits per heavy atom. The number of ketones is 1. The maximum Gasteiger partial charge on any atom is 0.259 e. The van der Waals surface area contributed by atoms with Gasteiger partial charge >= 0.3 is 0 Å². The minimum absolute atomic E-state index is 0.0757. The largest absolute Gasteiger partial charge is 0.348 e. The number of hydrogen-bond donors (Lipinski definition) is 2. The SMILES string of the molecule is O=C1Nc2ccc(C(=O)NCc3ccc(F)cc3)cc2C(=O)/C1=C\c1ccc(Cl)c(F)c1. The summed E-state index contributed by atoms with van der Waals surface area (Å²) in [7, 11) is 0. The van der Waals surface area contributed by atoms with Gasteiger partial charge in [-0.1, -0.05) is 29.8 Å². The van der Waals surface area contributed by atoms with Crippen LogP contribution >= 0.6 is 11.6 Å². The first-order valence-electron chi connectivity index (χ1n) is 9.51. The molecule has 0 saturated heterocycles. The van der Waals surface area contributed by atoms with Gasteiger partial charge in [0.15, 0.2) is 0 Å². The van der Waals surface area contributed by atoms with E-state index in [4.69, 9.17) is 11.6 Å². The molecule has 32 heavy (non-hydrogen) atoms. The smallest absolute Gasteiger partial charge is 0.259 e. The quantitative estimate of drug-likeness (QED) is 0.442. The fourth-order valence-electron chi connectivity index (χ4n) is 3.21. The van der Waals surface area contributed by atoms with Gasteiger partial charge in [-0.25, -0.2) is 8.78 Å². The third-order valence-corrected chi connectivity index (χ3v) is 5.19. The van der Waals surface area contributed by atoms with E-state index in [1.54, 1.807) is 12.1 Å². The summed E-state index contributed by atoms with van der Waals surface area (Å²) >= 11 is 5.67. The van der Waals surface area contributed by atoms with Gasteiger partial charge in [-0.05, 0) is 59.7 Å². The van der Waals surface area contributed by atoms with Gasteiger partial charge < -0.3 is 10.6 Å². The molecule has 160 valence electrons. The van der Waals surface area contributed by atoms with E-state index in [-0.39, 0.29) is 39.8 Å². The van der Waals surface area contributed by atoms with Crippen molar-refractivity contribution in [2.45, 2.75) is 6.54 Å². The standard InChI is InChI=1S/C24H15ClF2N2O3/c25-19-7-3-14(10-20(19)27)9-18-22(30)17-11-15(4-8-21(17)29-24(18)32)23(31)28-12-13-1-5-16(26)6-2-13/h1-11H,12H2,(H,28,31)(H,29,32)/b18-9+. The van der Waals surface area contributed by atoms with Gasteiger partial charge in [-0.2, -0.15) is 0 Å². The van der Waals surface area contributed by atoms with Crippen LogP contribution in [0.5, 0.6) is 0 Å². The fourth-order valence-corrected chi connectivity index (χ4v) is 3.32. The Kier molecular flexibility index (Phi) is 5.83. The van der Waals surface area contributed by atoms with Crippen LogP contribution < -0.4 is 10.6 Å². The summed E-state index contributed by atoms with van der Waals surface area (Å²) < 4.78 is 26.7. The van der Waals surface area contributed by atoms with Gasteiger partial charge in [0.2, 0.25) is 5.78 Å². The number of Topliss-reactive ketones (excluding diaryl/α,β-unsaturated/α-hetero) is 1. The van der Waals surface area contributed by atoms with Crippen molar-refractivity contribution in [3.63, 3.8) is 0 Å². The molecule has 0 saturated carbocycles.